The molecule has 0 aliphatic rings. The zero-order chi connectivity index (χ0) is 17.7. The fourth-order valence-electron chi connectivity index (χ4n) is 2.04. The third kappa shape index (κ3) is 4.17. The lowest BCUT2D eigenvalue weighted by Crippen LogP contribution is -2.24. The van der Waals surface area contributed by atoms with E-state index in [0.29, 0.717) is 22.7 Å². The first-order valence-corrected chi connectivity index (χ1v) is 8.18. The van der Waals surface area contributed by atoms with E-state index < -0.39 is 10.8 Å². The van der Waals surface area contributed by atoms with Crippen LogP contribution in [0.3, 0.4) is 0 Å². The Kier molecular flexibility index (Phi) is 5.64. The van der Waals surface area contributed by atoms with Gasteiger partial charge in [-0.2, -0.15) is 0 Å². The van der Waals surface area contributed by atoms with Gasteiger partial charge in [0.1, 0.15) is 0 Å². The van der Waals surface area contributed by atoms with Crippen LogP contribution in [-0.4, -0.2) is 23.3 Å². The SMILES string of the molecule is CCCNC(=O)c1cccc(NC(=O)c2cc([N+](=O)[O-])c(C)s2)c1. The van der Waals surface area contributed by atoms with Crippen LogP contribution in [0.25, 0.3) is 0 Å². The van der Waals surface area contributed by atoms with E-state index in [1.54, 1.807) is 31.2 Å². The average Bonchev–Trinajstić information content (AvgIpc) is 2.95. The number of benzene rings is 1. The monoisotopic (exact) mass is 347 g/mol. The van der Waals surface area contributed by atoms with Gasteiger partial charge >= 0.3 is 0 Å². The Hall–Kier alpha value is -2.74. The molecule has 1 heterocycles. The van der Waals surface area contributed by atoms with Crippen molar-refractivity contribution in [3.05, 3.63) is 55.8 Å². The highest BCUT2D eigenvalue weighted by Gasteiger charge is 2.19. The minimum Gasteiger partial charge on any atom is -0.352 e. The van der Waals surface area contributed by atoms with Gasteiger partial charge < -0.3 is 10.6 Å². The molecule has 0 aliphatic heterocycles. The van der Waals surface area contributed by atoms with Crippen LogP contribution in [0, 0.1) is 17.0 Å². The molecule has 126 valence electrons. The van der Waals surface area contributed by atoms with Crippen molar-refractivity contribution in [1.82, 2.24) is 5.32 Å². The number of nitro groups is 1. The number of rotatable bonds is 6. The molecule has 0 unspecified atom stereocenters. The number of anilines is 1. The van der Waals surface area contributed by atoms with Crippen molar-refractivity contribution in [2.45, 2.75) is 20.3 Å². The number of nitrogens with zero attached hydrogens (tertiary/aromatic N) is 1. The minimum atomic E-state index is -0.513. The van der Waals surface area contributed by atoms with Crippen LogP contribution in [0.1, 0.15) is 38.3 Å². The van der Waals surface area contributed by atoms with Gasteiger partial charge in [0.05, 0.1) is 14.7 Å². The van der Waals surface area contributed by atoms with Crippen molar-refractivity contribution in [2.75, 3.05) is 11.9 Å². The molecule has 7 nitrogen and oxygen atoms in total. The molecule has 0 bridgehead atoms. The molecular weight excluding hydrogens is 330 g/mol. The van der Waals surface area contributed by atoms with Crippen LogP contribution in [0.4, 0.5) is 11.4 Å². The average molecular weight is 347 g/mol. The first-order chi connectivity index (χ1) is 11.4. The first kappa shape index (κ1) is 17.6. The zero-order valence-electron chi connectivity index (χ0n) is 13.3. The Labute approximate surface area is 142 Å². The summed E-state index contributed by atoms with van der Waals surface area (Å²) in [6, 6.07) is 7.80. The molecule has 0 saturated carbocycles. The van der Waals surface area contributed by atoms with E-state index >= 15 is 0 Å². The number of carbonyl (C=O) groups is 2. The summed E-state index contributed by atoms with van der Waals surface area (Å²) >= 11 is 1.06. The van der Waals surface area contributed by atoms with Crippen molar-refractivity contribution < 1.29 is 14.5 Å². The summed E-state index contributed by atoms with van der Waals surface area (Å²) in [5.41, 5.74) is 0.824. The van der Waals surface area contributed by atoms with Crippen molar-refractivity contribution >= 4 is 34.5 Å². The number of hydrogen-bond donors (Lipinski definition) is 2. The molecule has 0 aliphatic carbocycles. The number of amides is 2. The van der Waals surface area contributed by atoms with Crippen LogP contribution in [0.2, 0.25) is 0 Å². The quantitative estimate of drug-likeness (QED) is 0.618. The third-order valence-corrected chi connectivity index (χ3v) is 4.27. The van der Waals surface area contributed by atoms with Crippen LogP contribution < -0.4 is 10.6 Å². The molecule has 0 saturated heterocycles. The van der Waals surface area contributed by atoms with Crippen molar-refractivity contribution in [3.63, 3.8) is 0 Å². The summed E-state index contributed by atoms with van der Waals surface area (Å²) in [6.45, 7) is 4.13. The standard InChI is InChI=1S/C16H17N3O4S/c1-3-7-17-15(20)11-5-4-6-12(8-11)18-16(21)14-9-13(19(22)23)10(2)24-14/h4-6,8-9H,3,7H2,1-2H3,(H,17,20)(H,18,21). The molecule has 2 amide bonds. The maximum Gasteiger partial charge on any atom is 0.283 e. The lowest BCUT2D eigenvalue weighted by Gasteiger charge is -2.07. The second-order valence-corrected chi connectivity index (χ2v) is 6.36. The summed E-state index contributed by atoms with van der Waals surface area (Å²) in [6.07, 6.45) is 0.832. The van der Waals surface area contributed by atoms with Crippen LogP contribution in [0.5, 0.6) is 0 Å². The maximum absolute atomic E-state index is 12.2. The number of hydrogen-bond acceptors (Lipinski definition) is 5. The summed E-state index contributed by atoms with van der Waals surface area (Å²) in [5.74, 6) is -0.655. The van der Waals surface area contributed by atoms with Crippen LogP contribution in [0.15, 0.2) is 30.3 Å². The van der Waals surface area contributed by atoms with E-state index in [9.17, 15) is 19.7 Å². The molecule has 0 radical (unpaired) electrons. The van der Waals surface area contributed by atoms with E-state index in [1.807, 2.05) is 6.92 Å². The number of thiophene rings is 1. The normalized spacial score (nSPS) is 10.2. The zero-order valence-corrected chi connectivity index (χ0v) is 14.1. The fourth-order valence-corrected chi connectivity index (χ4v) is 2.92. The van der Waals surface area contributed by atoms with E-state index in [1.165, 1.54) is 6.07 Å². The maximum atomic E-state index is 12.2. The molecule has 0 atom stereocenters. The lowest BCUT2D eigenvalue weighted by atomic mass is 10.2. The van der Waals surface area contributed by atoms with Gasteiger partial charge in [0.15, 0.2) is 0 Å². The predicted octanol–water partition coefficient (Wildman–Crippen LogP) is 3.36. The molecule has 2 aromatic rings. The Balaban J connectivity index is 2.13. The Morgan fingerprint density at radius 2 is 2.00 bits per heavy atom. The highest BCUT2D eigenvalue weighted by molar-refractivity contribution is 7.14. The predicted molar refractivity (Wildman–Crippen MR) is 92.7 cm³/mol. The topological polar surface area (TPSA) is 101 Å². The van der Waals surface area contributed by atoms with Crippen molar-refractivity contribution in [2.24, 2.45) is 0 Å². The molecule has 8 heteroatoms. The second kappa shape index (κ2) is 7.69. The van der Waals surface area contributed by atoms with E-state index in [4.69, 9.17) is 0 Å². The molecule has 2 N–H and O–H groups in total. The molecule has 2 rings (SSSR count). The second-order valence-electron chi connectivity index (χ2n) is 5.10. The first-order valence-electron chi connectivity index (χ1n) is 7.36. The third-order valence-electron chi connectivity index (χ3n) is 3.23. The summed E-state index contributed by atoms with van der Waals surface area (Å²) in [7, 11) is 0. The molecule has 1 aromatic heterocycles. The largest absolute Gasteiger partial charge is 0.352 e. The molecule has 0 spiro atoms. The van der Waals surface area contributed by atoms with Gasteiger partial charge in [0, 0.05) is 23.9 Å². The lowest BCUT2D eigenvalue weighted by molar-refractivity contribution is -0.385. The summed E-state index contributed by atoms with van der Waals surface area (Å²) < 4.78 is 0. The van der Waals surface area contributed by atoms with Gasteiger partial charge in [0.2, 0.25) is 0 Å². The Morgan fingerprint density at radius 1 is 1.25 bits per heavy atom. The molecule has 24 heavy (non-hydrogen) atoms. The van der Waals surface area contributed by atoms with Gasteiger partial charge in [-0.25, -0.2) is 0 Å². The summed E-state index contributed by atoms with van der Waals surface area (Å²) in [4.78, 5) is 35.2. The smallest absolute Gasteiger partial charge is 0.283 e. The van der Waals surface area contributed by atoms with Crippen LogP contribution in [-0.2, 0) is 0 Å². The van der Waals surface area contributed by atoms with Crippen molar-refractivity contribution in [3.8, 4) is 0 Å². The van der Waals surface area contributed by atoms with Crippen LogP contribution >= 0.6 is 11.3 Å². The van der Waals surface area contributed by atoms with Gasteiger partial charge in [-0.3, -0.25) is 19.7 Å². The minimum absolute atomic E-state index is 0.0714. The Morgan fingerprint density at radius 3 is 2.62 bits per heavy atom. The van der Waals surface area contributed by atoms with Gasteiger partial charge in [0.25, 0.3) is 17.5 Å². The summed E-state index contributed by atoms with van der Waals surface area (Å²) in [5, 5.41) is 16.3. The molecule has 0 fully saturated rings. The molecular formula is C16H17N3O4S. The Bertz CT molecular complexity index is 785. The fraction of sp³-hybridized carbons (Fsp3) is 0.250. The molecule has 1 aromatic carbocycles. The van der Waals surface area contributed by atoms with Gasteiger partial charge in [-0.05, 0) is 31.5 Å². The van der Waals surface area contributed by atoms with Gasteiger partial charge in [-0.15, -0.1) is 11.3 Å². The van der Waals surface area contributed by atoms with E-state index in [0.717, 1.165) is 17.8 Å². The van der Waals surface area contributed by atoms with Gasteiger partial charge in [-0.1, -0.05) is 13.0 Å². The number of aryl methyl sites for hydroxylation is 1. The number of nitrogens with one attached hydrogen (secondary N) is 2. The number of carbonyl (C=O) groups excluding carboxylic acids is 2. The van der Waals surface area contributed by atoms with E-state index in [2.05, 4.69) is 10.6 Å². The van der Waals surface area contributed by atoms with Crippen molar-refractivity contribution in [1.29, 1.82) is 0 Å². The van der Waals surface area contributed by atoms with E-state index in [-0.39, 0.29) is 16.5 Å². The highest BCUT2D eigenvalue weighted by Crippen LogP contribution is 2.28. The highest BCUT2D eigenvalue weighted by atomic mass is 32.1.